The Labute approximate surface area is 134 Å². The van der Waals surface area contributed by atoms with E-state index in [4.69, 9.17) is 17.0 Å². The number of carbonyl (C=O) groups is 1. The van der Waals surface area contributed by atoms with E-state index in [1.807, 2.05) is 37.3 Å². The number of hydrogen-bond acceptors (Lipinski definition) is 3. The average molecular weight is 315 g/mol. The van der Waals surface area contributed by atoms with Crippen molar-refractivity contribution < 1.29 is 9.53 Å². The van der Waals surface area contributed by atoms with Crippen molar-refractivity contribution in [3.8, 4) is 11.5 Å². The van der Waals surface area contributed by atoms with Gasteiger partial charge in [0.1, 0.15) is 11.5 Å². The molecule has 2 rings (SSSR count). The Hall–Kier alpha value is -2.60. The standard InChI is InChI=1S/C16H17N3O2S/c1-2-17-16(22)19-18-15(20)12-8-10-14(11-9-12)21-13-6-4-3-5-7-13/h3-11H,2H2,1H3,(H,18,20)(H2,17,19,22). The summed E-state index contributed by atoms with van der Waals surface area (Å²) in [6.45, 7) is 2.61. The molecule has 0 spiro atoms. The fourth-order valence-electron chi connectivity index (χ4n) is 1.69. The summed E-state index contributed by atoms with van der Waals surface area (Å²) in [5.41, 5.74) is 5.65. The molecule has 0 saturated heterocycles. The quantitative estimate of drug-likeness (QED) is 0.598. The van der Waals surface area contributed by atoms with Crippen molar-refractivity contribution in [2.24, 2.45) is 0 Å². The zero-order valence-electron chi connectivity index (χ0n) is 12.1. The highest BCUT2D eigenvalue weighted by atomic mass is 32.1. The zero-order valence-corrected chi connectivity index (χ0v) is 12.9. The van der Waals surface area contributed by atoms with Gasteiger partial charge in [-0.1, -0.05) is 18.2 Å². The molecular weight excluding hydrogens is 298 g/mol. The topological polar surface area (TPSA) is 62.4 Å². The summed E-state index contributed by atoms with van der Waals surface area (Å²) >= 11 is 4.96. The van der Waals surface area contributed by atoms with Gasteiger partial charge in [-0.2, -0.15) is 0 Å². The third kappa shape index (κ3) is 4.75. The van der Waals surface area contributed by atoms with Gasteiger partial charge in [0.15, 0.2) is 5.11 Å². The monoisotopic (exact) mass is 315 g/mol. The molecule has 0 radical (unpaired) electrons. The van der Waals surface area contributed by atoms with Gasteiger partial charge in [0.05, 0.1) is 0 Å². The van der Waals surface area contributed by atoms with E-state index >= 15 is 0 Å². The van der Waals surface area contributed by atoms with Gasteiger partial charge in [-0.05, 0) is 55.5 Å². The third-order valence-electron chi connectivity index (χ3n) is 2.72. The maximum atomic E-state index is 11.9. The van der Waals surface area contributed by atoms with Gasteiger partial charge < -0.3 is 10.1 Å². The molecular formula is C16H17N3O2S. The smallest absolute Gasteiger partial charge is 0.269 e. The number of para-hydroxylation sites is 1. The maximum absolute atomic E-state index is 11.9. The molecule has 3 N–H and O–H groups in total. The largest absolute Gasteiger partial charge is 0.457 e. The first kappa shape index (κ1) is 15.8. The Balaban J connectivity index is 1.91. The number of carbonyl (C=O) groups excluding carboxylic acids is 1. The molecule has 0 bridgehead atoms. The van der Waals surface area contributed by atoms with Crippen LogP contribution < -0.4 is 20.9 Å². The van der Waals surface area contributed by atoms with Crippen LogP contribution in [0.2, 0.25) is 0 Å². The first-order valence-corrected chi connectivity index (χ1v) is 7.27. The van der Waals surface area contributed by atoms with Gasteiger partial charge in [-0.15, -0.1) is 0 Å². The van der Waals surface area contributed by atoms with E-state index in [0.29, 0.717) is 23.0 Å². The lowest BCUT2D eigenvalue weighted by Gasteiger charge is -2.10. The average Bonchev–Trinajstić information content (AvgIpc) is 2.54. The van der Waals surface area contributed by atoms with Crippen LogP contribution in [0.3, 0.4) is 0 Å². The maximum Gasteiger partial charge on any atom is 0.269 e. The number of nitrogens with one attached hydrogen (secondary N) is 3. The minimum atomic E-state index is -0.272. The first-order chi connectivity index (χ1) is 10.7. The second-order valence-electron chi connectivity index (χ2n) is 4.38. The van der Waals surface area contributed by atoms with E-state index < -0.39 is 0 Å². The van der Waals surface area contributed by atoms with Crippen molar-refractivity contribution in [1.82, 2.24) is 16.2 Å². The van der Waals surface area contributed by atoms with Crippen LogP contribution in [-0.2, 0) is 0 Å². The molecule has 1 amide bonds. The summed E-state index contributed by atoms with van der Waals surface area (Å²) in [6.07, 6.45) is 0. The highest BCUT2D eigenvalue weighted by Crippen LogP contribution is 2.20. The molecule has 0 heterocycles. The lowest BCUT2D eigenvalue weighted by atomic mass is 10.2. The number of benzene rings is 2. The molecule has 22 heavy (non-hydrogen) atoms. The molecule has 0 aliphatic carbocycles. The van der Waals surface area contributed by atoms with Crippen LogP contribution in [0.25, 0.3) is 0 Å². The van der Waals surface area contributed by atoms with Crippen LogP contribution in [0.1, 0.15) is 17.3 Å². The number of amides is 1. The van der Waals surface area contributed by atoms with Crippen molar-refractivity contribution in [1.29, 1.82) is 0 Å². The van der Waals surface area contributed by atoms with E-state index in [-0.39, 0.29) is 5.91 Å². The predicted molar refractivity (Wildman–Crippen MR) is 89.8 cm³/mol. The van der Waals surface area contributed by atoms with Crippen LogP contribution in [0, 0.1) is 0 Å². The van der Waals surface area contributed by atoms with Crippen molar-refractivity contribution in [3.63, 3.8) is 0 Å². The Morgan fingerprint density at radius 2 is 1.64 bits per heavy atom. The lowest BCUT2D eigenvalue weighted by molar-refractivity contribution is 0.0943. The summed E-state index contributed by atoms with van der Waals surface area (Å²) in [6, 6.07) is 16.3. The molecule has 114 valence electrons. The second kappa shape index (κ2) is 7.99. The lowest BCUT2D eigenvalue weighted by Crippen LogP contribution is -2.46. The molecule has 0 aliphatic rings. The number of thiocarbonyl (C=S) groups is 1. The molecule has 0 aliphatic heterocycles. The molecule has 0 fully saturated rings. The van der Waals surface area contributed by atoms with E-state index in [9.17, 15) is 4.79 Å². The second-order valence-corrected chi connectivity index (χ2v) is 4.79. The van der Waals surface area contributed by atoms with Crippen LogP contribution >= 0.6 is 12.2 Å². The van der Waals surface area contributed by atoms with Crippen LogP contribution in [-0.4, -0.2) is 17.6 Å². The Bertz CT molecular complexity index is 630. The number of hydrazine groups is 1. The highest BCUT2D eigenvalue weighted by molar-refractivity contribution is 7.80. The van der Waals surface area contributed by atoms with Gasteiger partial charge in [-0.3, -0.25) is 15.6 Å². The summed E-state index contributed by atoms with van der Waals surface area (Å²) in [7, 11) is 0. The summed E-state index contributed by atoms with van der Waals surface area (Å²) in [5, 5.41) is 3.25. The van der Waals surface area contributed by atoms with E-state index in [1.165, 1.54) is 0 Å². The fourth-order valence-corrected chi connectivity index (χ4v) is 1.88. The minimum Gasteiger partial charge on any atom is -0.457 e. The molecule has 0 aromatic heterocycles. The van der Waals surface area contributed by atoms with E-state index in [1.54, 1.807) is 24.3 Å². The van der Waals surface area contributed by atoms with E-state index in [2.05, 4.69) is 16.2 Å². The van der Waals surface area contributed by atoms with Gasteiger partial charge in [0.25, 0.3) is 5.91 Å². The van der Waals surface area contributed by atoms with Gasteiger partial charge in [0.2, 0.25) is 0 Å². The zero-order chi connectivity index (χ0) is 15.8. The van der Waals surface area contributed by atoms with Crippen LogP contribution in [0.5, 0.6) is 11.5 Å². The molecule has 6 heteroatoms. The number of hydrogen-bond donors (Lipinski definition) is 3. The van der Waals surface area contributed by atoms with Crippen LogP contribution in [0.4, 0.5) is 0 Å². The molecule has 2 aromatic carbocycles. The van der Waals surface area contributed by atoms with Gasteiger partial charge in [0, 0.05) is 12.1 Å². The predicted octanol–water partition coefficient (Wildman–Crippen LogP) is 2.61. The van der Waals surface area contributed by atoms with Crippen molar-refractivity contribution in [2.75, 3.05) is 6.54 Å². The summed E-state index contributed by atoms with van der Waals surface area (Å²) < 4.78 is 5.67. The molecule has 0 atom stereocenters. The van der Waals surface area contributed by atoms with Crippen molar-refractivity contribution >= 4 is 23.2 Å². The third-order valence-corrected chi connectivity index (χ3v) is 2.97. The summed E-state index contributed by atoms with van der Waals surface area (Å²) in [4.78, 5) is 11.9. The number of rotatable bonds is 4. The minimum absolute atomic E-state index is 0.272. The Morgan fingerprint density at radius 3 is 2.27 bits per heavy atom. The van der Waals surface area contributed by atoms with Gasteiger partial charge >= 0.3 is 0 Å². The van der Waals surface area contributed by atoms with Crippen molar-refractivity contribution in [2.45, 2.75) is 6.92 Å². The Kier molecular flexibility index (Phi) is 5.73. The molecule has 0 unspecified atom stereocenters. The highest BCUT2D eigenvalue weighted by Gasteiger charge is 2.06. The van der Waals surface area contributed by atoms with Gasteiger partial charge in [-0.25, -0.2) is 0 Å². The Morgan fingerprint density at radius 1 is 1.00 bits per heavy atom. The fraction of sp³-hybridized carbons (Fsp3) is 0.125. The molecule has 2 aromatic rings. The molecule has 0 saturated carbocycles. The SMILES string of the molecule is CCNC(=S)NNC(=O)c1ccc(Oc2ccccc2)cc1. The molecule has 5 nitrogen and oxygen atoms in total. The van der Waals surface area contributed by atoms with Crippen LogP contribution in [0.15, 0.2) is 54.6 Å². The first-order valence-electron chi connectivity index (χ1n) is 6.86. The normalized spacial score (nSPS) is 9.68. The summed E-state index contributed by atoms with van der Waals surface area (Å²) in [5.74, 6) is 1.14. The number of ether oxygens (including phenoxy) is 1. The van der Waals surface area contributed by atoms with Crippen molar-refractivity contribution in [3.05, 3.63) is 60.2 Å². The van der Waals surface area contributed by atoms with E-state index in [0.717, 1.165) is 5.75 Å².